The Bertz CT molecular complexity index is 829. The molecule has 0 spiro atoms. The van der Waals surface area contributed by atoms with Crippen LogP contribution in [0.3, 0.4) is 0 Å². The third kappa shape index (κ3) is 5.17. The Balaban J connectivity index is 1.76. The first-order chi connectivity index (χ1) is 13.0. The molecule has 2 aromatic heterocycles. The summed E-state index contributed by atoms with van der Waals surface area (Å²) in [5, 5.41) is 0.254. The molecule has 2 heterocycles. The van der Waals surface area contributed by atoms with Crippen molar-refractivity contribution in [1.82, 2.24) is 19.4 Å². The van der Waals surface area contributed by atoms with Crippen molar-refractivity contribution >= 4 is 9.84 Å². The molecule has 2 aromatic rings. The van der Waals surface area contributed by atoms with Crippen LogP contribution < -0.4 is 0 Å². The molecule has 6 nitrogen and oxygen atoms in total. The van der Waals surface area contributed by atoms with Crippen LogP contribution in [-0.2, 0) is 29.5 Å². The van der Waals surface area contributed by atoms with Gasteiger partial charge in [0.25, 0.3) is 0 Å². The Morgan fingerprint density at radius 2 is 2.04 bits per heavy atom. The molecule has 1 aliphatic rings. The van der Waals surface area contributed by atoms with E-state index in [2.05, 4.69) is 21.8 Å². The smallest absolute Gasteiger partial charge is 0.227 e. The topological polar surface area (TPSA) is 68.1 Å². The van der Waals surface area contributed by atoms with Gasteiger partial charge < -0.3 is 4.57 Å². The fourth-order valence-electron chi connectivity index (χ4n) is 3.47. The van der Waals surface area contributed by atoms with Gasteiger partial charge in [-0.2, -0.15) is 0 Å². The van der Waals surface area contributed by atoms with Crippen LogP contribution in [0.4, 0.5) is 0 Å². The van der Waals surface area contributed by atoms with E-state index >= 15 is 0 Å². The molecule has 0 radical (unpaired) electrons. The number of aromatic nitrogens is 3. The SMILES string of the molecule is CCCCn1c(CN(C)Cc2ccccn2)cnc1S(=O)(=O)CC1CCC1. The summed E-state index contributed by atoms with van der Waals surface area (Å²) in [6.45, 7) is 4.17. The molecule has 27 heavy (non-hydrogen) atoms. The van der Waals surface area contributed by atoms with E-state index in [-0.39, 0.29) is 10.9 Å². The summed E-state index contributed by atoms with van der Waals surface area (Å²) in [6, 6.07) is 5.88. The second-order valence-corrected chi connectivity index (χ2v) is 9.54. The predicted molar refractivity (Wildman–Crippen MR) is 106 cm³/mol. The highest BCUT2D eigenvalue weighted by molar-refractivity contribution is 7.91. The lowest BCUT2D eigenvalue weighted by molar-refractivity contribution is 0.303. The van der Waals surface area contributed by atoms with E-state index in [0.29, 0.717) is 25.6 Å². The van der Waals surface area contributed by atoms with Gasteiger partial charge >= 0.3 is 0 Å². The van der Waals surface area contributed by atoms with Gasteiger partial charge in [-0.15, -0.1) is 0 Å². The molecule has 1 fully saturated rings. The van der Waals surface area contributed by atoms with Crippen LogP contribution in [0.15, 0.2) is 35.7 Å². The van der Waals surface area contributed by atoms with Gasteiger partial charge in [0.05, 0.1) is 23.3 Å². The Morgan fingerprint density at radius 3 is 2.67 bits per heavy atom. The number of hydrogen-bond donors (Lipinski definition) is 0. The van der Waals surface area contributed by atoms with E-state index in [1.807, 2.05) is 29.8 Å². The highest BCUT2D eigenvalue weighted by Gasteiger charge is 2.30. The van der Waals surface area contributed by atoms with Crippen molar-refractivity contribution in [2.75, 3.05) is 12.8 Å². The maximum Gasteiger partial charge on any atom is 0.227 e. The summed E-state index contributed by atoms with van der Waals surface area (Å²) >= 11 is 0. The Morgan fingerprint density at radius 1 is 1.22 bits per heavy atom. The van der Waals surface area contributed by atoms with Crippen LogP contribution in [0.1, 0.15) is 50.4 Å². The standard InChI is InChI=1S/C20H30N4O2S/c1-3-4-12-24-19(15-23(2)14-18-10-5-6-11-21-18)13-22-20(24)27(25,26)16-17-8-7-9-17/h5-6,10-11,13,17H,3-4,7-9,12,14-16H2,1-2H3. The van der Waals surface area contributed by atoms with Crippen molar-refractivity contribution < 1.29 is 8.42 Å². The zero-order valence-corrected chi connectivity index (χ0v) is 17.2. The van der Waals surface area contributed by atoms with Gasteiger partial charge in [-0.3, -0.25) is 9.88 Å². The number of imidazole rings is 1. The summed E-state index contributed by atoms with van der Waals surface area (Å²) in [5.41, 5.74) is 1.95. The second kappa shape index (κ2) is 8.97. The van der Waals surface area contributed by atoms with E-state index in [4.69, 9.17) is 0 Å². The molecule has 148 valence electrons. The van der Waals surface area contributed by atoms with Crippen molar-refractivity contribution in [3.63, 3.8) is 0 Å². The zero-order chi connectivity index (χ0) is 19.3. The Hall–Kier alpha value is -1.73. The van der Waals surface area contributed by atoms with E-state index in [1.165, 1.54) is 0 Å². The lowest BCUT2D eigenvalue weighted by atomic mass is 9.87. The molecule has 0 aliphatic heterocycles. The van der Waals surface area contributed by atoms with Crippen LogP contribution in [0.2, 0.25) is 0 Å². The van der Waals surface area contributed by atoms with Gasteiger partial charge in [0.1, 0.15) is 0 Å². The van der Waals surface area contributed by atoms with Gasteiger partial charge in [-0.25, -0.2) is 13.4 Å². The minimum atomic E-state index is -3.33. The van der Waals surface area contributed by atoms with Gasteiger partial charge in [-0.1, -0.05) is 25.8 Å². The highest BCUT2D eigenvalue weighted by atomic mass is 32.2. The van der Waals surface area contributed by atoms with E-state index in [0.717, 1.165) is 43.5 Å². The molecule has 0 unspecified atom stereocenters. The van der Waals surface area contributed by atoms with Gasteiger partial charge in [0.2, 0.25) is 15.0 Å². The largest absolute Gasteiger partial charge is 0.318 e. The molecule has 0 amide bonds. The van der Waals surface area contributed by atoms with Crippen molar-refractivity contribution in [3.8, 4) is 0 Å². The third-order valence-corrected chi connectivity index (χ3v) is 6.98. The van der Waals surface area contributed by atoms with Crippen LogP contribution >= 0.6 is 0 Å². The molecular formula is C20H30N4O2S. The monoisotopic (exact) mass is 390 g/mol. The minimum absolute atomic E-state index is 0.235. The van der Waals surface area contributed by atoms with Gasteiger partial charge in [0, 0.05) is 25.8 Å². The molecule has 0 N–H and O–H groups in total. The normalized spacial score (nSPS) is 15.2. The lowest BCUT2D eigenvalue weighted by Gasteiger charge is -2.25. The second-order valence-electron chi connectivity index (χ2n) is 7.61. The average Bonchev–Trinajstić information content (AvgIpc) is 3.00. The number of rotatable bonds is 10. The molecule has 1 saturated carbocycles. The minimum Gasteiger partial charge on any atom is -0.318 e. The maximum absolute atomic E-state index is 12.9. The van der Waals surface area contributed by atoms with E-state index < -0.39 is 9.84 Å². The van der Waals surface area contributed by atoms with Crippen molar-refractivity contribution in [2.45, 2.75) is 63.8 Å². The van der Waals surface area contributed by atoms with Gasteiger partial charge in [-0.05, 0) is 44.4 Å². The molecular weight excluding hydrogens is 360 g/mol. The number of sulfone groups is 1. The lowest BCUT2D eigenvalue weighted by Crippen LogP contribution is -2.25. The van der Waals surface area contributed by atoms with Crippen LogP contribution in [-0.4, -0.2) is 40.7 Å². The third-order valence-electron chi connectivity index (χ3n) is 5.18. The molecule has 7 heteroatoms. The summed E-state index contributed by atoms with van der Waals surface area (Å²) in [6.07, 6.45) is 8.68. The first kappa shape index (κ1) is 20.0. The molecule has 1 aliphatic carbocycles. The number of nitrogens with zero attached hydrogens (tertiary/aromatic N) is 4. The van der Waals surface area contributed by atoms with Crippen LogP contribution in [0.25, 0.3) is 0 Å². The highest BCUT2D eigenvalue weighted by Crippen LogP contribution is 2.29. The summed E-state index contributed by atoms with van der Waals surface area (Å²) in [5.74, 6) is 0.543. The van der Waals surface area contributed by atoms with Crippen LogP contribution in [0.5, 0.6) is 0 Å². The quantitative estimate of drug-likeness (QED) is 0.623. The fourth-order valence-corrected chi connectivity index (χ4v) is 5.33. The number of unbranched alkanes of at least 4 members (excludes halogenated alkanes) is 1. The van der Waals surface area contributed by atoms with Crippen molar-refractivity contribution in [1.29, 1.82) is 0 Å². The van der Waals surface area contributed by atoms with Crippen LogP contribution in [0, 0.1) is 5.92 Å². The Kier molecular flexibility index (Phi) is 6.65. The zero-order valence-electron chi connectivity index (χ0n) is 16.3. The molecule has 3 rings (SSSR count). The average molecular weight is 391 g/mol. The summed E-state index contributed by atoms with van der Waals surface area (Å²) < 4.78 is 27.7. The molecule has 0 saturated heterocycles. The van der Waals surface area contributed by atoms with Gasteiger partial charge in [0.15, 0.2) is 0 Å². The predicted octanol–water partition coefficient (Wildman–Crippen LogP) is 3.28. The number of hydrogen-bond acceptors (Lipinski definition) is 5. The first-order valence-electron chi connectivity index (χ1n) is 9.85. The Labute approximate surface area is 162 Å². The summed E-state index contributed by atoms with van der Waals surface area (Å²) in [7, 11) is -1.31. The number of pyridine rings is 1. The maximum atomic E-state index is 12.9. The molecule has 0 bridgehead atoms. The van der Waals surface area contributed by atoms with Crippen molar-refractivity contribution in [2.24, 2.45) is 5.92 Å². The van der Waals surface area contributed by atoms with E-state index in [1.54, 1.807) is 12.4 Å². The fraction of sp³-hybridized carbons (Fsp3) is 0.600. The van der Waals surface area contributed by atoms with E-state index in [9.17, 15) is 8.42 Å². The first-order valence-corrected chi connectivity index (χ1v) is 11.5. The summed E-state index contributed by atoms with van der Waals surface area (Å²) in [4.78, 5) is 10.9. The van der Waals surface area contributed by atoms with Crippen molar-refractivity contribution in [3.05, 3.63) is 42.0 Å². The molecule has 0 atom stereocenters. The molecule has 0 aromatic carbocycles.